The van der Waals surface area contributed by atoms with Crippen LogP contribution in [0, 0.1) is 0 Å². The van der Waals surface area contributed by atoms with Gasteiger partial charge in [0.1, 0.15) is 4.83 Å². The van der Waals surface area contributed by atoms with Gasteiger partial charge in [-0.3, -0.25) is 4.79 Å². The number of alkyl halides is 1. The molecule has 0 heterocycles. The highest BCUT2D eigenvalue weighted by Gasteiger charge is 2.32. The summed E-state index contributed by atoms with van der Waals surface area (Å²) in [5.41, 5.74) is -0.661. The first-order valence-electron chi connectivity index (χ1n) is 2.84. The summed E-state index contributed by atoms with van der Waals surface area (Å²) in [6.07, 6.45) is 0. The average molecular weight is 211 g/mol. The van der Waals surface area contributed by atoms with Crippen LogP contribution in [-0.4, -0.2) is 28.6 Å². The monoisotopic (exact) mass is 210 g/mol. The molecule has 0 aromatic heterocycles. The summed E-state index contributed by atoms with van der Waals surface area (Å²) < 4.78 is 4.93. The third-order valence-corrected chi connectivity index (χ3v) is 2.85. The summed E-state index contributed by atoms with van der Waals surface area (Å²) in [7, 11) is 1.48. The summed E-state index contributed by atoms with van der Waals surface area (Å²) in [6, 6.07) is 0. The Bertz CT molecular complexity index is 133. The fraction of sp³-hybridized carbons (Fsp3) is 0.833. The van der Waals surface area contributed by atoms with Gasteiger partial charge in [0.05, 0.1) is 5.60 Å². The van der Waals surface area contributed by atoms with Crippen molar-refractivity contribution in [3.8, 4) is 0 Å². The van der Waals surface area contributed by atoms with E-state index in [-0.39, 0.29) is 0 Å². The van der Waals surface area contributed by atoms with E-state index in [4.69, 9.17) is 9.84 Å². The van der Waals surface area contributed by atoms with Crippen LogP contribution in [0.3, 0.4) is 0 Å². The Morgan fingerprint density at radius 1 is 1.70 bits per heavy atom. The number of hydrogen-bond donors (Lipinski definition) is 1. The molecule has 1 atom stereocenters. The van der Waals surface area contributed by atoms with Gasteiger partial charge in [0, 0.05) is 7.11 Å². The van der Waals surface area contributed by atoms with Gasteiger partial charge in [0.15, 0.2) is 0 Å². The van der Waals surface area contributed by atoms with Gasteiger partial charge in [-0.15, -0.1) is 0 Å². The van der Waals surface area contributed by atoms with Crippen molar-refractivity contribution < 1.29 is 14.6 Å². The molecule has 0 aromatic rings. The molecule has 1 N–H and O–H groups in total. The van der Waals surface area contributed by atoms with E-state index in [9.17, 15) is 4.79 Å². The third-order valence-electron chi connectivity index (χ3n) is 1.35. The molecule has 0 saturated heterocycles. The highest BCUT2D eigenvalue weighted by Crippen LogP contribution is 2.20. The molecule has 0 aliphatic heterocycles. The Balaban J connectivity index is 4.17. The van der Waals surface area contributed by atoms with Crippen molar-refractivity contribution in [1.29, 1.82) is 0 Å². The molecule has 0 unspecified atom stereocenters. The number of ether oxygens (including phenoxy) is 1. The third kappa shape index (κ3) is 2.27. The highest BCUT2D eigenvalue weighted by atomic mass is 79.9. The standard InChI is InChI=1S/C6H11BrO3/c1-6(2,10-3)4(7)5(8)9/h4H,1-3H3,(H,8,9)/t4-/m0/s1. The number of rotatable bonds is 3. The second-order valence-corrected chi connectivity index (χ2v) is 3.42. The molecular formula is C6H11BrO3. The zero-order valence-electron chi connectivity index (χ0n) is 6.22. The molecule has 0 amide bonds. The maximum Gasteiger partial charge on any atom is 0.320 e. The first kappa shape index (κ1) is 9.91. The van der Waals surface area contributed by atoms with E-state index in [1.165, 1.54) is 7.11 Å². The Morgan fingerprint density at radius 2 is 2.10 bits per heavy atom. The van der Waals surface area contributed by atoms with E-state index < -0.39 is 16.4 Å². The maximum absolute atomic E-state index is 10.4. The van der Waals surface area contributed by atoms with Crippen molar-refractivity contribution in [1.82, 2.24) is 0 Å². The summed E-state index contributed by atoms with van der Waals surface area (Å²) >= 11 is 3.00. The fourth-order valence-electron chi connectivity index (χ4n) is 0.401. The molecular weight excluding hydrogens is 200 g/mol. The van der Waals surface area contributed by atoms with Crippen LogP contribution in [-0.2, 0) is 9.53 Å². The molecule has 4 heteroatoms. The van der Waals surface area contributed by atoms with Gasteiger partial charge in [-0.1, -0.05) is 15.9 Å². The van der Waals surface area contributed by atoms with Crippen LogP contribution in [0.5, 0.6) is 0 Å². The molecule has 0 fully saturated rings. The number of hydrogen-bond acceptors (Lipinski definition) is 2. The van der Waals surface area contributed by atoms with Crippen LogP contribution in [0.4, 0.5) is 0 Å². The number of methoxy groups -OCH3 is 1. The van der Waals surface area contributed by atoms with Gasteiger partial charge in [0.25, 0.3) is 0 Å². The summed E-state index contributed by atoms with van der Waals surface area (Å²) in [4.78, 5) is 9.72. The molecule has 0 saturated carbocycles. The van der Waals surface area contributed by atoms with Crippen LogP contribution in [0.1, 0.15) is 13.8 Å². The lowest BCUT2D eigenvalue weighted by Gasteiger charge is -2.25. The number of carbonyl (C=O) groups is 1. The number of carboxylic acids is 1. The molecule has 3 nitrogen and oxygen atoms in total. The average Bonchev–Trinajstić information content (AvgIpc) is 1.86. The van der Waals surface area contributed by atoms with E-state index in [1.807, 2.05) is 0 Å². The Kier molecular flexibility index (Phi) is 3.31. The zero-order chi connectivity index (χ0) is 8.36. The second kappa shape index (κ2) is 3.34. The van der Waals surface area contributed by atoms with Crippen LogP contribution < -0.4 is 0 Å². The lowest BCUT2D eigenvalue weighted by molar-refractivity contribution is -0.141. The molecule has 0 aliphatic carbocycles. The number of carboxylic acid groups (broad SMARTS) is 1. The number of halogens is 1. The summed E-state index contributed by atoms with van der Waals surface area (Å²) in [5.74, 6) is -0.910. The van der Waals surface area contributed by atoms with Crippen LogP contribution in [0.25, 0.3) is 0 Å². The molecule has 0 rings (SSSR count). The minimum atomic E-state index is -0.910. The predicted molar refractivity (Wildman–Crippen MR) is 41.4 cm³/mol. The maximum atomic E-state index is 10.4. The van der Waals surface area contributed by atoms with E-state index >= 15 is 0 Å². The van der Waals surface area contributed by atoms with Crippen molar-refractivity contribution in [3.05, 3.63) is 0 Å². The zero-order valence-corrected chi connectivity index (χ0v) is 7.81. The van der Waals surface area contributed by atoms with Crippen molar-refractivity contribution in [2.24, 2.45) is 0 Å². The van der Waals surface area contributed by atoms with E-state index in [1.54, 1.807) is 13.8 Å². The van der Waals surface area contributed by atoms with Crippen molar-refractivity contribution in [2.45, 2.75) is 24.3 Å². The first-order valence-corrected chi connectivity index (χ1v) is 3.75. The molecule has 0 aliphatic rings. The van der Waals surface area contributed by atoms with E-state index in [0.717, 1.165) is 0 Å². The largest absolute Gasteiger partial charge is 0.480 e. The number of aliphatic carboxylic acids is 1. The SMILES string of the molecule is COC(C)(C)[C@@H](Br)C(=O)O. The molecule has 60 valence electrons. The summed E-state index contributed by atoms with van der Waals surface area (Å²) in [5, 5.41) is 8.52. The van der Waals surface area contributed by atoms with E-state index in [2.05, 4.69) is 15.9 Å². The summed E-state index contributed by atoms with van der Waals surface area (Å²) in [6.45, 7) is 3.42. The quantitative estimate of drug-likeness (QED) is 0.714. The topological polar surface area (TPSA) is 46.5 Å². The van der Waals surface area contributed by atoms with Gasteiger partial charge < -0.3 is 9.84 Å². The minimum absolute atomic E-state index is 0.661. The molecule has 10 heavy (non-hydrogen) atoms. The Labute approximate surface area is 68.5 Å². The lowest BCUT2D eigenvalue weighted by atomic mass is 10.1. The minimum Gasteiger partial charge on any atom is -0.480 e. The second-order valence-electron chi connectivity index (χ2n) is 2.51. The van der Waals surface area contributed by atoms with Crippen molar-refractivity contribution in [3.63, 3.8) is 0 Å². The van der Waals surface area contributed by atoms with Gasteiger partial charge in [-0.25, -0.2) is 0 Å². The highest BCUT2D eigenvalue weighted by molar-refractivity contribution is 9.10. The fourth-order valence-corrected chi connectivity index (χ4v) is 0.588. The smallest absolute Gasteiger partial charge is 0.320 e. The molecule has 0 spiro atoms. The Morgan fingerprint density at radius 3 is 2.20 bits per heavy atom. The molecule has 0 bridgehead atoms. The lowest BCUT2D eigenvalue weighted by Crippen LogP contribution is -2.39. The molecule has 0 radical (unpaired) electrons. The first-order chi connectivity index (χ1) is 4.41. The van der Waals surface area contributed by atoms with Gasteiger partial charge in [-0.2, -0.15) is 0 Å². The predicted octanol–water partition coefficient (Wildman–Crippen LogP) is 1.26. The van der Waals surface area contributed by atoms with Crippen LogP contribution in [0.2, 0.25) is 0 Å². The van der Waals surface area contributed by atoms with Crippen LogP contribution >= 0.6 is 15.9 Å². The van der Waals surface area contributed by atoms with Crippen molar-refractivity contribution >= 4 is 21.9 Å². The van der Waals surface area contributed by atoms with Crippen molar-refractivity contribution in [2.75, 3.05) is 7.11 Å². The van der Waals surface area contributed by atoms with Crippen LogP contribution in [0.15, 0.2) is 0 Å². The van der Waals surface area contributed by atoms with Gasteiger partial charge >= 0.3 is 5.97 Å². The molecule has 0 aromatic carbocycles. The van der Waals surface area contributed by atoms with E-state index in [0.29, 0.717) is 0 Å². The normalized spacial score (nSPS) is 14.8. The Hall–Kier alpha value is -0.0900. The van der Waals surface area contributed by atoms with Gasteiger partial charge in [0.2, 0.25) is 0 Å². The van der Waals surface area contributed by atoms with Gasteiger partial charge in [-0.05, 0) is 13.8 Å².